The topological polar surface area (TPSA) is 51.0 Å². The Hall–Kier alpha value is -2.40. The summed E-state index contributed by atoms with van der Waals surface area (Å²) in [6.45, 7) is 12.5. The molecule has 1 aromatic carbocycles. The highest BCUT2D eigenvalue weighted by Crippen LogP contribution is 2.63. The van der Waals surface area contributed by atoms with Crippen LogP contribution in [0.1, 0.15) is 32.8 Å². The molecule has 2 bridgehead atoms. The highest BCUT2D eigenvalue weighted by molar-refractivity contribution is 6.23. The molecule has 5 unspecified atom stereocenters. The number of hydrogen-bond acceptors (Lipinski definition) is 3. The van der Waals surface area contributed by atoms with Crippen molar-refractivity contribution in [1.29, 1.82) is 0 Å². The maximum atomic E-state index is 13.3. The Bertz CT molecular complexity index is 922. The summed E-state index contributed by atoms with van der Waals surface area (Å²) >= 11 is 0. The lowest BCUT2D eigenvalue weighted by molar-refractivity contribution is -0.137. The summed E-state index contributed by atoms with van der Waals surface area (Å²) in [6.07, 6.45) is -4.14. The molecule has 3 aliphatic rings. The van der Waals surface area contributed by atoms with Gasteiger partial charge in [0.2, 0.25) is 11.8 Å². The third-order valence-corrected chi connectivity index (χ3v) is 6.39. The number of alkyl halides is 3. The monoisotopic (exact) mass is 378 g/mol. The lowest BCUT2D eigenvalue weighted by Gasteiger charge is -2.33. The molecule has 1 aromatic rings. The second-order valence-electron chi connectivity index (χ2n) is 7.98. The fourth-order valence-electron chi connectivity index (χ4n) is 5.12. The van der Waals surface area contributed by atoms with Crippen LogP contribution in [0.3, 0.4) is 0 Å². The first-order chi connectivity index (χ1) is 12.4. The molecule has 0 aliphatic carbocycles. The van der Waals surface area contributed by atoms with E-state index < -0.39 is 52.3 Å². The second kappa shape index (κ2) is 5.10. The largest absolute Gasteiger partial charge is 0.407 e. The predicted molar refractivity (Wildman–Crippen MR) is 88.9 cm³/mol. The van der Waals surface area contributed by atoms with Crippen molar-refractivity contribution in [3.63, 3.8) is 0 Å². The van der Waals surface area contributed by atoms with Crippen LogP contribution in [0.4, 0.5) is 24.5 Å². The second-order valence-corrected chi connectivity index (χ2v) is 7.98. The highest BCUT2D eigenvalue weighted by atomic mass is 19.4. The predicted octanol–water partition coefficient (Wildman–Crippen LogP) is 3.95. The van der Waals surface area contributed by atoms with E-state index in [1.165, 1.54) is 6.07 Å². The van der Waals surface area contributed by atoms with Crippen LogP contribution in [0.25, 0.3) is 4.85 Å². The number of imide groups is 1. The van der Waals surface area contributed by atoms with E-state index in [2.05, 4.69) is 4.85 Å². The quantitative estimate of drug-likeness (QED) is 0.549. The zero-order valence-corrected chi connectivity index (χ0v) is 14.9. The Balaban J connectivity index is 1.81. The molecule has 3 saturated heterocycles. The maximum absolute atomic E-state index is 13.3. The van der Waals surface area contributed by atoms with Gasteiger partial charge in [0.05, 0.1) is 35.2 Å². The highest BCUT2D eigenvalue weighted by Gasteiger charge is 2.74. The third-order valence-electron chi connectivity index (χ3n) is 6.39. The van der Waals surface area contributed by atoms with E-state index >= 15 is 0 Å². The van der Waals surface area contributed by atoms with Gasteiger partial charge in [-0.15, -0.1) is 0 Å². The summed E-state index contributed by atoms with van der Waals surface area (Å²) in [5, 5.41) is 0. The molecule has 5 atom stereocenters. The van der Waals surface area contributed by atoms with Crippen molar-refractivity contribution in [3.05, 3.63) is 35.2 Å². The minimum atomic E-state index is -4.76. The zero-order chi connectivity index (χ0) is 19.9. The van der Waals surface area contributed by atoms with Gasteiger partial charge in [-0.05, 0) is 38.3 Å². The number of rotatable bonds is 1. The minimum absolute atomic E-state index is 0.0516. The summed E-state index contributed by atoms with van der Waals surface area (Å²) in [7, 11) is 0. The van der Waals surface area contributed by atoms with Crippen molar-refractivity contribution in [2.45, 2.75) is 44.6 Å². The number of ether oxygens (including phenoxy) is 1. The van der Waals surface area contributed by atoms with Crippen molar-refractivity contribution in [2.75, 3.05) is 4.90 Å². The molecule has 27 heavy (non-hydrogen) atoms. The molecule has 2 amide bonds. The molecule has 0 spiro atoms. The van der Waals surface area contributed by atoms with Gasteiger partial charge in [-0.25, -0.2) is 9.74 Å². The molecular formula is C19H17F3N2O3. The summed E-state index contributed by atoms with van der Waals surface area (Å²) in [5.41, 5.74) is -3.49. The number of fused-ring (bicyclic) bond motifs is 5. The van der Waals surface area contributed by atoms with Gasteiger partial charge >= 0.3 is 6.18 Å². The van der Waals surface area contributed by atoms with Gasteiger partial charge in [0.1, 0.15) is 0 Å². The number of hydrogen-bond donors (Lipinski definition) is 0. The molecule has 4 rings (SSSR count). The van der Waals surface area contributed by atoms with Gasteiger partial charge < -0.3 is 4.74 Å². The maximum Gasteiger partial charge on any atom is 0.407 e. The Kier molecular flexibility index (Phi) is 3.40. The van der Waals surface area contributed by atoms with Crippen LogP contribution >= 0.6 is 0 Å². The standard InChI is InChI=1S/C19H17F3N2O3/c1-9-8-17(2)13-14(18(9,3)27-17)16(26)24(15(13)25)10-5-6-12(23-4)11(7-10)19(20,21)22/h5-7,9,13-14H,8H2,1-3H3. The van der Waals surface area contributed by atoms with Crippen LogP contribution in [-0.4, -0.2) is 23.0 Å². The van der Waals surface area contributed by atoms with Gasteiger partial charge in [-0.2, -0.15) is 13.2 Å². The van der Waals surface area contributed by atoms with Crippen LogP contribution in [0.15, 0.2) is 18.2 Å². The molecule has 142 valence electrons. The van der Waals surface area contributed by atoms with Crippen LogP contribution in [-0.2, 0) is 20.5 Å². The Labute approximate surface area is 153 Å². The van der Waals surface area contributed by atoms with Crippen molar-refractivity contribution in [3.8, 4) is 0 Å². The van der Waals surface area contributed by atoms with Gasteiger partial charge in [0.25, 0.3) is 0 Å². The van der Waals surface area contributed by atoms with Crippen molar-refractivity contribution in [1.82, 2.24) is 0 Å². The first-order valence-electron chi connectivity index (χ1n) is 8.61. The van der Waals surface area contributed by atoms with E-state index in [-0.39, 0.29) is 11.6 Å². The minimum Gasteiger partial charge on any atom is -0.367 e. The summed E-state index contributed by atoms with van der Waals surface area (Å²) in [5.74, 6) is -2.44. The number of halogens is 3. The number of nitrogens with zero attached hydrogens (tertiary/aromatic N) is 2. The fourth-order valence-corrected chi connectivity index (χ4v) is 5.12. The summed E-state index contributed by atoms with van der Waals surface area (Å²) in [4.78, 5) is 29.9. The molecule has 0 aromatic heterocycles. The Morgan fingerprint density at radius 1 is 1.22 bits per heavy atom. The average Bonchev–Trinajstić information content (AvgIpc) is 3.07. The van der Waals surface area contributed by atoms with E-state index in [0.717, 1.165) is 11.0 Å². The molecule has 3 fully saturated rings. The SMILES string of the molecule is [C-]#[N+]c1ccc(N2C(=O)C3C(C2=O)C2(C)OC3(C)CC2C)cc1C(F)(F)F. The van der Waals surface area contributed by atoms with Crippen molar-refractivity contribution >= 4 is 23.2 Å². The van der Waals surface area contributed by atoms with E-state index in [1.54, 1.807) is 13.8 Å². The lowest BCUT2D eigenvalue weighted by atomic mass is 9.64. The molecule has 0 radical (unpaired) electrons. The van der Waals surface area contributed by atoms with E-state index in [0.29, 0.717) is 12.5 Å². The van der Waals surface area contributed by atoms with E-state index in [9.17, 15) is 22.8 Å². The number of anilines is 1. The van der Waals surface area contributed by atoms with Crippen LogP contribution in [0.5, 0.6) is 0 Å². The van der Waals surface area contributed by atoms with Crippen LogP contribution in [0, 0.1) is 24.3 Å². The summed E-state index contributed by atoms with van der Waals surface area (Å²) < 4.78 is 45.9. The molecule has 0 N–H and O–H groups in total. The average molecular weight is 378 g/mol. The Morgan fingerprint density at radius 2 is 1.85 bits per heavy atom. The number of amides is 2. The van der Waals surface area contributed by atoms with E-state index in [4.69, 9.17) is 11.3 Å². The number of carbonyl (C=O) groups excluding carboxylic acids is 2. The van der Waals surface area contributed by atoms with Crippen molar-refractivity contribution in [2.24, 2.45) is 17.8 Å². The van der Waals surface area contributed by atoms with E-state index in [1.807, 2.05) is 6.92 Å². The van der Waals surface area contributed by atoms with Gasteiger partial charge in [0.15, 0.2) is 5.69 Å². The number of carbonyl (C=O) groups is 2. The summed E-state index contributed by atoms with van der Waals surface area (Å²) in [6, 6.07) is 2.92. The fraction of sp³-hybridized carbons (Fsp3) is 0.526. The number of benzene rings is 1. The molecule has 3 aliphatic heterocycles. The first-order valence-corrected chi connectivity index (χ1v) is 8.61. The van der Waals surface area contributed by atoms with Crippen LogP contribution < -0.4 is 4.90 Å². The molecule has 5 nitrogen and oxygen atoms in total. The lowest BCUT2D eigenvalue weighted by Crippen LogP contribution is -2.45. The normalized spacial score (nSPS) is 37.7. The van der Waals surface area contributed by atoms with Gasteiger partial charge in [-0.3, -0.25) is 9.59 Å². The van der Waals surface area contributed by atoms with Crippen molar-refractivity contribution < 1.29 is 27.5 Å². The smallest absolute Gasteiger partial charge is 0.367 e. The molecule has 8 heteroatoms. The van der Waals surface area contributed by atoms with Gasteiger partial charge in [0, 0.05) is 5.69 Å². The van der Waals surface area contributed by atoms with Gasteiger partial charge in [-0.1, -0.05) is 13.0 Å². The molecule has 0 saturated carbocycles. The zero-order valence-electron chi connectivity index (χ0n) is 14.9. The third kappa shape index (κ3) is 2.15. The first kappa shape index (κ1) is 18.0. The van der Waals surface area contributed by atoms with Crippen LogP contribution in [0.2, 0.25) is 0 Å². The molecular weight excluding hydrogens is 361 g/mol. The Morgan fingerprint density at radius 3 is 2.44 bits per heavy atom. The molecule has 3 heterocycles.